The van der Waals surface area contributed by atoms with Gasteiger partial charge in [-0.25, -0.2) is 0 Å². The number of piperidine rings is 1. The third kappa shape index (κ3) is 10.7. The lowest BCUT2D eigenvalue weighted by Gasteiger charge is -2.08. The van der Waals surface area contributed by atoms with Gasteiger partial charge < -0.3 is 5.32 Å². The molecule has 1 saturated heterocycles. The second kappa shape index (κ2) is 6.93. The molecular weight excluding hydrogens is 142 g/mol. The average molecular weight is 153 g/mol. The van der Waals surface area contributed by atoms with Gasteiger partial charge in [0.1, 0.15) is 0 Å². The van der Waals surface area contributed by atoms with Gasteiger partial charge in [-0.15, -0.1) is 0 Å². The van der Waals surface area contributed by atoms with E-state index in [1.54, 1.807) is 0 Å². The van der Waals surface area contributed by atoms with E-state index in [0.717, 1.165) is 0 Å². The van der Waals surface area contributed by atoms with Gasteiger partial charge in [-0.1, -0.05) is 6.42 Å². The summed E-state index contributed by atoms with van der Waals surface area (Å²) in [4.78, 5) is 0. The Hall–Kier alpha value is -0.185. The Bertz CT molecular complexity index is 53.6. The lowest BCUT2D eigenvalue weighted by molar-refractivity contribution is 0.520. The Kier molecular flexibility index (Phi) is 6.80. The molecule has 60 valence electrons. The second-order valence-electron chi connectivity index (χ2n) is 2.06. The van der Waals surface area contributed by atoms with Gasteiger partial charge in [0.25, 0.3) is 0 Å². The molecule has 1 aliphatic heterocycles. The topological polar surface area (TPSA) is 12.0 Å². The molecule has 1 heterocycles. The highest BCUT2D eigenvalue weighted by Crippen LogP contribution is 1.96. The van der Waals surface area contributed by atoms with Crippen LogP contribution in [0.5, 0.6) is 0 Å². The van der Waals surface area contributed by atoms with Gasteiger partial charge >= 0.3 is 7.54 Å². The molecule has 0 radical (unpaired) electrons. The zero-order chi connectivity index (χ0) is 7.82. The van der Waals surface area contributed by atoms with E-state index in [1.807, 2.05) is 0 Å². The maximum atomic E-state index is 9.67. The molecule has 1 rings (SSSR count). The standard InChI is InChI=1S/C5H11N.BF3/c1-2-4-6-5-3-1;2-1(3)4/h6H,1-5H2;. The first-order chi connectivity index (χ1) is 4.73. The van der Waals surface area contributed by atoms with Crippen molar-refractivity contribution in [2.24, 2.45) is 0 Å². The van der Waals surface area contributed by atoms with Gasteiger partial charge in [0.05, 0.1) is 0 Å². The number of nitrogens with one attached hydrogen (secondary N) is 1. The fourth-order valence-corrected chi connectivity index (χ4v) is 0.802. The number of hydrogen-bond acceptors (Lipinski definition) is 1. The van der Waals surface area contributed by atoms with E-state index in [1.165, 1.54) is 32.4 Å². The minimum atomic E-state index is -3.67. The molecule has 1 aliphatic rings. The number of halogens is 3. The molecule has 10 heavy (non-hydrogen) atoms. The third-order valence-electron chi connectivity index (χ3n) is 1.21. The van der Waals surface area contributed by atoms with Crippen LogP contribution in [0.15, 0.2) is 0 Å². The Morgan fingerprint density at radius 2 is 1.30 bits per heavy atom. The maximum Gasteiger partial charge on any atom is 0.762 e. The fraction of sp³-hybridized carbons (Fsp3) is 1.00. The highest BCUT2D eigenvalue weighted by atomic mass is 19.4. The smallest absolute Gasteiger partial charge is 0.317 e. The monoisotopic (exact) mass is 153 g/mol. The molecular formula is C5H11BF3N. The molecule has 0 saturated carbocycles. The van der Waals surface area contributed by atoms with Crippen LogP contribution >= 0.6 is 0 Å². The van der Waals surface area contributed by atoms with Crippen molar-refractivity contribution in [3.05, 3.63) is 0 Å². The van der Waals surface area contributed by atoms with Gasteiger partial charge in [-0.3, -0.25) is 12.9 Å². The van der Waals surface area contributed by atoms with Crippen LogP contribution in [0, 0.1) is 0 Å². The lowest BCUT2D eigenvalue weighted by Crippen LogP contribution is -2.21. The van der Waals surface area contributed by atoms with E-state index >= 15 is 0 Å². The van der Waals surface area contributed by atoms with Gasteiger partial charge in [0.15, 0.2) is 0 Å². The van der Waals surface area contributed by atoms with Crippen molar-refractivity contribution in [3.63, 3.8) is 0 Å². The highest BCUT2D eigenvalue weighted by Gasteiger charge is 2.06. The first-order valence-electron chi connectivity index (χ1n) is 3.36. The van der Waals surface area contributed by atoms with Crippen molar-refractivity contribution in [3.8, 4) is 0 Å². The van der Waals surface area contributed by atoms with Crippen molar-refractivity contribution in [1.29, 1.82) is 0 Å². The van der Waals surface area contributed by atoms with Crippen molar-refractivity contribution in [2.75, 3.05) is 13.1 Å². The predicted molar refractivity (Wildman–Crippen MR) is 35.8 cm³/mol. The summed E-state index contributed by atoms with van der Waals surface area (Å²) in [6, 6.07) is 0. The summed E-state index contributed by atoms with van der Waals surface area (Å²) in [6.45, 7) is 2.50. The van der Waals surface area contributed by atoms with Crippen LogP contribution in [0.1, 0.15) is 19.3 Å². The molecule has 1 N–H and O–H groups in total. The molecule has 0 aromatic heterocycles. The van der Waals surface area contributed by atoms with Crippen LogP contribution in [0.3, 0.4) is 0 Å². The fourth-order valence-electron chi connectivity index (χ4n) is 0.802. The largest absolute Gasteiger partial charge is 0.762 e. The van der Waals surface area contributed by atoms with Crippen molar-refractivity contribution >= 4 is 7.54 Å². The first kappa shape index (κ1) is 9.81. The van der Waals surface area contributed by atoms with Crippen LogP contribution in [0.25, 0.3) is 0 Å². The molecule has 0 aromatic carbocycles. The SMILES string of the molecule is C1CCNCC1.FB(F)F. The van der Waals surface area contributed by atoms with Crippen molar-refractivity contribution in [2.45, 2.75) is 19.3 Å². The summed E-state index contributed by atoms with van der Waals surface area (Å²) in [7, 11) is -3.67. The number of hydrogen-bond donors (Lipinski definition) is 1. The van der Waals surface area contributed by atoms with E-state index in [9.17, 15) is 12.9 Å². The summed E-state index contributed by atoms with van der Waals surface area (Å²) in [6.07, 6.45) is 4.22. The summed E-state index contributed by atoms with van der Waals surface area (Å²) in [5.41, 5.74) is 0. The molecule has 0 atom stereocenters. The van der Waals surface area contributed by atoms with Gasteiger partial charge in [-0.05, 0) is 25.9 Å². The molecule has 0 unspecified atom stereocenters. The lowest BCUT2D eigenvalue weighted by atomic mass is 10.2. The maximum absolute atomic E-state index is 9.67. The Labute approximate surface area is 59.2 Å². The molecule has 1 fully saturated rings. The van der Waals surface area contributed by atoms with Gasteiger partial charge in [0, 0.05) is 0 Å². The summed E-state index contributed by atoms with van der Waals surface area (Å²) in [5, 5.41) is 3.28. The van der Waals surface area contributed by atoms with E-state index in [0.29, 0.717) is 0 Å². The molecule has 0 aromatic rings. The van der Waals surface area contributed by atoms with Gasteiger partial charge in [0.2, 0.25) is 0 Å². The Morgan fingerprint density at radius 3 is 1.40 bits per heavy atom. The number of rotatable bonds is 0. The minimum absolute atomic E-state index is 1.25. The predicted octanol–water partition coefficient (Wildman–Crippen LogP) is 1.64. The molecule has 1 nitrogen and oxygen atoms in total. The van der Waals surface area contributed by atoms with E-state index < -0.39 is 7.54 Å². The molecule has 0 bridgehead atoms. The summed E-state index contributed by atoms with van der Waals surface area (Å²) >= 11 is 0. The van der Waals surface area contributed by atoms with E-state index in [2.05, 4.69) is 5.32 Å². The summed E-state index contributed by atoms with van der Waals surface area (Å²) < 4.78 is 29.0. The van der Waals surface area contributed by atoms with Crippen molar-refractivity contribution < 1.29 is 12.9 Å². The Balaban J connectivity index is 0.000000180. The van der Waals surface area contributed by atoms with Crippen LogP contribution in [0.4, 0.5) is 12.9 Å². The van der Waals surface area contributed by atoms with Crippen LogP contribution in [-0.2, 0) is 0 Å². The molecule has 0 aliphatic carbocycles. The molecule has 5 heteroatoms. The van der Waals surface area contributed by atoms with E-state index in [-0.39, 0.29) is 0 Å². The zero-order valence-corrected chi connectivity index (χ0v) is 5.75. The normalized spacial score (nSPS) is 17.1. The van der Waals surface area contributed by atoms with E-state index in [4.69, 9.17) is 0 Å². The first-order valence-corrected chi connectivity index (χ1v) is 3.36. The average Bonchev–Trinajstić information content (AvgIpc) is 1.90. The molecule has 0 amide bonds. The van der Waals surface area contributed by atoms with Crippen LogP contribution < -0.4 is 5.32 Å². The summed E-state index contributed by atoms with van der Waals surface area (Å²) in [5.74, 6) is 0. The van der Waals surface area contributed by atoms with Gasteiger partial charge in [-0.2, -0.15) is 0 Å². The third-order valence-corrected chi connectivity index (χ3v) is 1.21. The zero-order valence-electron chi connectivity index (χ0n) is 5.75. The minimum Gasteiger partial charge on any atom is -0.317 e. The van der Waals surface area contributed by atoms with Crippen molar-refractivity contribution in [1.82, 2.24) is 5.32 Å². The molecule has 0 spiro atoms. The highest BCUT2D eigenvalue weighted by molar-refractivity contribution is 6.33. The van der Waals surface area contributed by atoms with Crippen LogP contribution in [-0.4, -0.2) is 20.6 Å². The van der Waals surface area contributed by atoms with Crippen LogP contribution in [0.2, 0.25) is 0 Å². The quantitative estimate of drug-likeness (QED) is 0.521. The second-order valence-corrected chi connectivity index (χ2v) is 2.06. The Morgan fingerprint density at radius 1 is 0.900 bits per heavy atom.